The zero-order valence-electron chi connectivity index (χ0n) is 15.0. The molecule has 3 nitrogen and oxygen atoms in total. The molecule has 3 heteroatoms. The maximum Gasteiger partial charge on any atom is 0.0443 e. The van der Waals surface area contributed by atoms with E-state index in [4.69, 9.17) is 5.11 Å². The molecule has 2 heterocycles. The Bertz CT molecular complexity index is 879. The van der Waals surface area contributed by atoms with Gasteiger partial charge in [0.2, 0.25) is 0 Å². The van der Waals surface area contributed by atoms with Crippen LogP contribution in [0.15, 0.2) is 54.7 Å². The van der Waals surface area contributed by atoms with Gasteiger partial charge in [0.25, 0.3) is 0 Å². The maximum absolute atomic E-state index is 7.00. The molecular formula is C21H26N2O. The van der Waals surface area contributed by atoms with Crippen LogP contribution in [0.3, 0.4) is 0 Å². The zero-order valence-corrected chi connectivity index (χ0v) is 15.0. The molecule has 0 bridgehead atoms. The third-order valence-electron chi connectivity index (χ3n) is 4.32. The molecule has 3 rings (SSSR count). The summed E-state index contributed by atoms with van der Waals surface area (Å²) < 4.78 is 2.09. The van der Waals surface area contributed by atoms with Crippen LogP contribution < -0.4 is 15.5 Å². The Morgan fingerprint density at radius 3 is 2.38 bits per heavy atom. The van der Waals surface area contributed by atoms with Crippen LogP contribution in [0.25, 0.3) is 12.2 Å². The van der Waals surface area contributed by atoms with Gasteiger partial charge in [-0.25, -0.2) is 0 Å². The Kier molecular flexibility index (Phi) is 5.83. The predicted molar refractivity (Wildman–Crippen MR) is 103 cm³/mol. The second-order valence-electron chi connectivity index (χ2n) is 5.86. The first-order chi connectivity index (χ1) is 11.6. The molecule has 0 unspecified atom stereocenters. The number of aryl methyl sites for hydroxylation is 2. The number of para-hydroxylation sites is 1. The van der Waals surface area contributed by atoms with Gasteiger partial charge in [0.05, 0.1) is 0 Å². The van der Waals surface area contributed by atoms with Crippen LogP contribution in [0.2, 0.25) is 0 Å². The van der Waals surface area contributed by atoms with E-state index in [0.717, 1.165) is 19.0 Å². The highest BCUT2D eigenvalue weighted by molar-refractivity contribution is 5.85. The molecule has 0 saturated heterocycles. The number of fused-ring (bicyclic) bond motifs is 1. The van der Waals surface area contributed by atoms with Crippen molar-refractivity contribution in [2.24, 2.45) is 7.05 Å². The van der Waals surface area contributed by atoms with Gasteiger partial charge in [0.15, 0.2) is 0 Å². The first kappa shape index (κ1) is 17.8. The summed E-state index contributed by atoms with van der Waals surface area (Å²) in [5.41, 5.74) is 5.21. The van der Waals surface area contributed by atoms with E-state index < -0.39 is 0 Å². The number of aliphatic hydroxyl groups excluding tert-OH is 1. The van der Waals surface area contributed by atoms with E-state index in [2.05, 4.69) is 85.7 Å². The lowest BCUT2D eigenvalue weighted by Gasteiger charge is -2.10. The molecule has 0 atom stereocenters. The summed E-state index contributed by atoms with van der Waals surface area (Å²) in [5, 5.41) is 9.28. The van der Waals surface area contributed by atoms with Crippen LogP contribution in [0.1, 0.15) is 11.1 Å². The van der Waals surface area contributed by atoms with Crippen LogP contribution >= 0.6 is 0 Å². The third kappa shape index (κ3) is 3.36. The predicted octanol–water partition coefficient (Wildman–Crippen LogP) is 2.13. The SMILES string of the molecule is C=c1c(=C2CN(C)c3ccccc32)c(C)cccccn1C.CO. The monoisotopic (exact) mass is 322 g/mol. The van der Waals surface area contributed by atoms with Crippen LogP contribution in [0.4, 0.5) is 5.69 Å². The molecule has 0 fully saturated rings. The van der Waals surface area contributed by atoms with Crippen molar-refractivity contribution in [2.45, 2.75) is 6.92 Å². The molecule has 2 aromatic rings. The number of hydrogen-bond acceptors (Lipinski definition) is 2. The fraction of sp³-hybridized carbons (Fsp3) is 0.238. The van der Waals surface area contributed by atoms with Crippen LogP contribution in [-0.4, -0.2) is 30.4 Å². The normalized spacial score (nSPS) is 14.5. The van der Waals surface area contributed by atoms with Crippen molar-refractivity contribution in [3.05, 3.63) is 76.4 Å². The summed E-state index contributed by atoms with van der Waals surface area (Å²) >= 11 is 0. The minimum atomic E-state index is 0.917. The van der Waals surface area contributed by atoms with E-state index in [-0.39, 0.29) is 0 Å². The second-order valence-corrected chi connectivity index (χ2v) is 5.86. The smallest absolute Gasteiger partial charge is 0.0443 e. The molecule has 126 valence electrons. The standard InChI is InChI=1S/C20H22N2.CH4O/c1-15-10-6-5-9-13-21(3)16(2)20(15)18-14-22(4)19-12-8-7-11-17(18)19;1-2/h5-13H,2,14H2,1,3-4H3;2H,1H3. The molecule has 1 N–H and O–H groups in total. The molecular weight excluding hydrogens is 296 g/mol. The summed E-state index contributed by atoms with van der Waals surface area (Å²) in [6.45, 7) is 7.42. The quantitative estimate of drug-likeness (QED) is 0.805. The number of hydrogen-bond donors (Lipinski definition) is 1. The molecule has 1 aliphatic heterocycles. The number of likely N-dealkylation sites (N-methyl/N-ethyl adjacent to an activating group) is 1. The van der Waals surface area contributed by atoms with Crippen molar-refractivity contribution in [3.8, 4) is 0 Å². The lowest BCUT2D eigenvalue weighted by Crippen LogP contribution is -2.35. The molecule has 24 heavy (non-hydrogen) atoms. The average molecular weight is 322 g/mol. The highest BCUT2D eigenvalue weighted by atomic mass is 16.2. The average Bonchev–Trinajstić information content (AvgIpc) is 2.95. The fourth-order valence-electron chi connectivity index (χ4n) is 3.12. The Labute approximate surface area is 144 Å². The summed E-state index contributed by atoms with van der Waals surface area (Å²) in [6.07, 6.45) is 2.05. The molecule has 1 aliphatic rings. The van der Waals surface area contributed by atoms with E-state index in [1.165, 1.54) is 27.6 Å². The molecule has 0 spiro atoms. The second kappa shape index (κ2) is 7.84. The summed E-state index contributed by atoms with van der Waals surface area (Å²) in [6, 6.07) is 16.9. The highest BCUT2D eigenvalue weighted by Gasteiger charge is 2.20. The number of aromatic nitrogens is 1. The van der Waals surface area contributed by atoms with Crippen molar-refractivity contribution in [2.75, 3.05) is 25.6 Å². The van der Waals surface area contributed by atoms with Crippen molar-refractivity contribution >= 4 is 17.8 Å². The lowest BCUT2D eigenvalue weighted by molar-refractivity contribution is 0.399. The van der Waals surface area contributed by atoms with Crippen molar-refractivity contribution in [1.82, 2.24) is 4.57 Å². The summed E-state index contributed by atoms with van der Waals surface area (Å²) in [4.78, 5) is 2.30. The van der Waals surface area contributed by atoms with Gasteiger partial charge < -0.3 is 14.6 Å². The van der Waals surface area contributed by atoms with Crippen LogP contribution in [0.5, 0.6) is 0 Å². The number of aliphatic hydroxyl groups is 1. The van der Waals surface area contributed by atoms with Gasteiger partial charge >= 0.3 is 0 Å². The molecule has 1 aromatic carbocycles. The minimum absolute atomic E-state index is 0.917. The number of rotatable bonds is 0. The van der Waals surface area contributed by atoms with Gasteiger partial charge in [-0.15, -0.1) is 0 Å². The molecule has 0 radical (unpaired) electrons. The van der Waals surface area contributed by atoms with E-state index in [0.29, 0.717) is 0 Å². The fourth-order valence-corrected chi connectivity index (χ4v) is 3.12. The first-order valence-corrected chi connectivity index (χ1v) is 8.02. The molecule has 0 saturated carbocycles. The zero-order chi connectivity index (χ0) is 17.7. The van der Waals surface area contributed by atoms with E-state index in [9.17, 15) is 0 Å². The van der Waals surface area contributed by atoms with Crippen LogP contribution in [0, 0.1) is 6.92 Å². The first-order valence-electron chi connectivity index (χ1n) is 8.02. The minimum Gasteiger partial charge on any atom is -0.400 e. The number of benzene rings is 1. The molecule has 0 aliphatic carbocycles. The van der Waals surface area contributed by atoms with Crippen LogP contribution in [-0.2, 0) is 7.05 Å². The van der Waals surface area contributed by atoms with Crippen molar-refractivity contribution in [1.29, 1.82) is 0 Å². The number of nitrogens with zero attached hydrogens (tertiary/aromatic N) is 2. The largest absolute Gasteiger partial charge is 0.400 e. The van der Waals surface area contributed by atoms with E-state index in [1.54, 1.807) is 0 Å². The Hall–Kier alpha value is -2.52. The summed E-state index contributed by atoms with van der Waals surface area (Å²) in [7, 11) is 5.20. The lowest BCUT2D eigenvalue weighted by atomic mass is 10.0. The Balaban J connectivity index is 0.00000100. The summed E-state index contributed by atoms with van der Waals surface area (Å²) in [5.74, 6) is 0. The number of anilines is 1. The van der Waals surface area contributed by atoms with Crippen molar-refractivity contribution < 1.29 is 5.11 Å². The Morgan fingerprint density at radius 1 is 0.958 bits per heavy atom. The van der Waals surface area contributed by atoms with Gasteiger partial charge in [-0.2, -0.15) is 0 Å². The topological polar surface area (TPSA) is 28.4 Å². The molecule has 0 amide bonds. The Morgan fingerprint density at radius 2 is 1.62 bits per heavy atom. The maximum atomic E-state index is 7.00. The van der Waals surface area contributed by atoms with Crippen molar-refractivity contribution in [3.63, 3.8) is 0 Å². The van der Waals surface area contributed by atoms with Gasteiger partial charge in [-0.1, -0.05) is 43.0 Å². The third-order valence-corrected chi connectivity index (χ3v) is 4.32. The van der Waals surface area contributed by atoms with E-state index in [1.807, 2.05) is 6.07 Å². The van der Waals surface area contributed by atoms with Gasteiger partial charge in [-0.05, 0) is 30.2 Å². The van der Waals surface area contributed by atoms with E-state index >= 15 is 0 Å². The highest BCUT2D eigenvalue weighted by Crippen LogP contribution is 2.32. The van der Waals surface area contributed by atoms with Gasteiger partial charge in [0, 0.05) is 55.8 Å². The van der Waals surface area contributed by atoms with Gasteiger partial charge in [0.1, 0.15) is 0 Å². The van der Waals surface area contributed by atoms with Gasteiger partial charge in [-0.3, -0.25) is 0 Å². The molecule has 1 aromatic heterocycles.